The van der Waals surface area contributed by atoms with E-state index in [2.05, 4.69) is 60.6 Å². The molecule has 3 aromatic rings. The van der Waals surface area contributed by atoms with E-state index >= 15 is 0 Å². The van der Waals surface area contributed by atoms with Crippen molar-refractivity contribution in [2.45, 2.75) is 57.1 Å². The van der Waals surface area contributed by atoms with E-state index in [4.69, 9.17) is 5.84 Å². The van der Waals surface area contributed by atoms with Gasteiger partial charge in [-0.05, 0) is 36.3 Å². The highest BCUT2D eigenvalue weighted by molar-refractivity contribution is 7.99. The van der Waals surface area contributed by atoms with Crippen molar-refractivity contribution >= 4 is 17.7 Å². The summed E-state index contributed by atoms with van der Waals surface area (Å²) in [6.45, 7) is 8.55. The molecule has 7 heteroatoms. The number of nitrogens with two attached hydrogens (primary N) is 1. The van der Waals surface area contributed by atoms with Crippen molar-refractivity contribution in [3.8, 4) is 11.4 Å². The number of hydrogen-bond donors (Lipinski definition) is 2. The second kappa shape index (κ2) is 10.0. The van der Waals surface area contributed by atoms with Gasteiger partial charge in [0.15, 0.2) is 5.82 Å². The van der Waals surface area contributed by atoms with Crippen LogP contribution in [0.3, 0.4) is 0 Å². The molecule has 0 spiro atoms. The number of nitrogens with zero attached hydrogens (tertiary/aromatic N) is 3. The maximum Gasteiger partial charge on any atom is 0.230 e. The van der Waals surface area contributed by atoms with Gasteiger partial charge in [0.25, 0.3) is 0 Å². The molecule has 1 amide bonds. The first-order chi connectivity index (χ1) is 14.7. The molecule has 1 heterocycles. The molecule has 0 aliphatic rings. The zero-order valence-corrected chi connectivity index (χ0v) is 19.4. The summed E-state index contributed by atoms with van der Waals surface area (Å²) in [5, 5.41) is 11.9. The van der Waals surface area contributed by atoms with Crippen LogP contribution >= 0.6 is 11.8 Å². The number of aryl methyl sites for hydroxylation is 1. The molecular formula is C24H31N5OS. The third-order valence-electron chi connectivity index (χ3n) is 5.12. The molecule has 0 radical (unpaired) electrons. The number of aromatic nitrogens is 3. The summed E-state index contributed by atoms with van der Waals surface area (Å²) in [6.07, 6.45) is 1.83. The molecule has 0 saturated heterocycles. The van der Waals surface area contributed by atoms with Crippen LogP contribution in [0.25, 0.3) is 11.4 Å². The smallest absolute Gasteiger partial charge is 0.230 e. The van der Waals surface area contributed by atoms with Crippen LogP contribution in [0.2, 0.25) is 0 Å². The van der Waals surface area contributed by atoms with Gasteiger partial charge in [0.05, 0.1) is 5.75 Å². The topological polar surface area (TPSA) is 85.8 Å². The highest BCUT2D eigenvalue weighted by Crippen LogP contribution is 2.26. The van der Waals surface area contributed by atoms with Gasteiger partial charge in [0.1, 0.15) is 0 Å². The summed E-state index contributed by atoms with van der Waals surface area (Å²) in [6, 6.07) is 18.6. The van der Waals surface area contributed by atoms with Crippen LogP contribution in [-0.2, 0) is 16.6 Å². The van der Waals surface area contributed by atoms with Gasteiger partial charge in [-0.15, -0.1) is 10.2 Å². The van der Waals surface area contributed by atoms with Crippen molar-refractivity contribution in [1.29, 1.82) is 0 Å². The summed E-state index contributed by atoms with van der Waals surface area (Å²) in [7, 11) is 0. The predicted octanol–water partition coefficient (Wildman–Crippen LogP) is 4.19. The van der Waals surface area contributed by atoms with E-state index in [-0.39, 0.29) is 23.1 Å². The summed E-state index contributed by atoms with van der Waals surface area (Å²) >= 11 is 1.29. The van der Waals surface area contributed by atoms with Gasteiger partial charge < -0.3 is 11.2 Å². The Morgan fingerprint density at radius 1 is 1.10 bits per heavy atom. The quantitative estimate of drug-likeness (QED) is 0.408. The lowest BCUT2D eigenvalue weighted by atomic mass is 9.87. The molecule has 1 aromatic heterocycles. The van der Waals surface area contributed by atoms with Crippen molar-refractivity contribution in [3.05, 3.63) is 65.7 Å². The van der Waals surface area contributed by atoms with Crippen LogP contribution in [0, 0.1) is 0 Å². The molecule has 3 rings (SSSR count). The van der Waals surface area contributed by atoms with Gasteiger partial charge in [-0.3, -0.25) is 4.79 Å². The van der Waals surface area contributed by atoms with Crippen molar-refractivity contribution < 1.29 is 4.79 Å². The number of amides is 1. The second-order valence-corrected chi connectivity index (χ2v) is 9.73. The number of nitrogens with one attached hydrogen (secondary N) is 1. The molecule has 0 aliphatic heterocycles. The maximum absolute atomic E-state index is 12.3. The number of carbonyl (C=O) groups excluding carboxylic acids is 1. The van der Waals surface area contributed by atoms with Gasteiger partial charge in [-0.25, -0.2) is 4.68 Å². The minimum Gasteiger partial charge on any atom is -0.353 e. The molecule has 0 fully saturated rings. The zero-order valence-electron chi connectivity index (χ0n) is 18.6. The zero-order chi connectivity index (χ0) is 22.4. The fourth-order valence-electron chi connectivity index (χ4n) is 3.24. The lowest BCUT2D eigenvalue weighted by Crippen LogP contribution is -2.34. The Kier molecular flexibility index (Phi) is 7.38. The molecule has 0 bridgehead atoms. The van der Waals surface area contributed by atoms with Crippen molar-refractivity contribution in [2.75, 3.05) is 11.6 Å². The Hall–Kier alpha value is -2.80. The van der Waals surface area contributed by atoms with Crippen molar-refractivity contribution in [1.82, 2.24) is 20.2 Å². The van der Waals surface area contributed by atoms with E-state index in [1.807, 2.05) is 37.3 Å². The first kappa shape index (κ1) is 22.9. The largest absolute Gasteiger partial charge is 0.353 e. The summed E-state index contributed by atoms with van der Waals surface area (Å²) in [5.41, 5.74) is 3.50. The van der Waals surface area contributed by atoms with Crippen molar-refractivity contribution in [2.24, 2.45) is 0 Å². The number of carbonyl (C=O) groups is 1. The molecular weight excluding hydrogens is 406 g/mol. The van der Waals surface area contributed by atoms with Crippen LogP contribution in [0.5, 0.6) is 0 Å². The lowest BCUT2D eigenvalue weighted by molar-refractivity contribution is -0.119. The van der Waals surface area contributed by atoms with Crippen LogP contribution < -0.4 is 11.2 Å². The maximum atomic E-state index is 12.3. The molecule has 31 heavy (non-hydrogen) atoms. The fraction of sp³-hybridized carbons (Fsp3) is 0.375. The average Bonchev–Trinajstić information content (AvgIpc) is 3.11. The van der Waals surface area contributed by atoms with Crippen LogP contribution in [0.4, 0.5) is 0 Å². The highest BCUT2D eigenvalue weighted by Gasteiger charge is 2.17. The number of hydrogen-bond acceptors (Lipinski definition) is 5. The van der Waals surface area contributed by atoms with E-state index < -0.39 is 0 Å². The second-order valence-electron chi connectivity index (χ2n) is 8.79. The Balaban J connectivity index is 1.52. The number of nitrogen functional groups attached to an aromatic ring is 1. The molecule has 6 nitrogen and oxygen atoms in total. The SMILES string of the molecule is C[C@H](CCc1ccccc1)NC(=O)CSc1nnc(-c2ccc(C(C)(C)C)cc2)n1N. The molecule has 3 N–H and O–H groups in total. The first-order valence-electron chi connectivity index (χ1n) is 10.5. The minimum absolute atomic E-state index is 0.0374. The molecule has 0 aliphatic carbocycles. The standard InChI is InChI=1S/C24H31N5OS/c1-17(10-11-18-8-6-5-7-9-18)26-21(30)16-31-23-28-27-22(29(23)25)19-12-14-20(15-13-19)24(2,3)4/h5-9,12-15,17H,10-11,16,25H2,1-4H3,(H,26,30)/t17-/m1/s1. The lowest BCUT2D eigenvalue weighted by Gasteiger charge is -2.19. The summed E-state index contributed by atoms with van der Waals surface area (Å²) in [4.78, 5) is 12.3. The minimum atomic E-state index is -0.0374. The van der Waals surface area contributed by atoms with E-state index in [0.717, 1.165) is 18.4 Å². The summed E-state index contributed by atoms with van der Waals surface area (Å²) < 4.78 is 1.45. The number of benzene rings is 2. The normalized spacial score (nSPS) is 12.5. The Labute approximate surface area is 188 Å². The van der Waals surface area contributed by atoms with E-state index in [1.165, 1.54) is 27.6 Å². The van der Waals surface area contributed by atoms with E-state index in [0.29, 0.717) is 11.0 Å². The third kappa shape index (κ3) is 6.34. The van der Waals surface area contributed by atoms with Crippen LogP contribution in [-0.4, -0.2) is 32.6 Å². The Morgan fingerprint density at radius 3 is 2.42 bits per heavy atom. The number of thioether (sulfide) groups is 1. The summed E-state index contributed by atoms with van der Waals surface area (Å²) in [5.74, 6) is 6.99. The molecule has 164 valence electrons. The molecule has 2 aromatic carbocycles. The van der Waals surface area contributed by atoms with Crippen LogP contribution in [0.15, 0.2) is 59.8 Å². The predicted molar refractivity (Wildman–Crippen MR) is 127 cm³/mol. The van der Waals surface area contributed by atoms with Gasteiger partial charge in [-0.2, -0.15) is 0 Å². The van der Waals surface area contributed by atoms with E-state index in [1.54, 1.807) is 0 Å². The highest BCUT2D eigenvalue weighted by atomic mass is 32.2. The van der Waals surface area contributed by atoms with E-state index in [9.17, 15) is 4.79 Å². The third-order valence-corrected chi connectivity index (χ3v) is 6.07. The molecule has 0 unspecified atom stereocenters. The molecule has 0 saturated carbocycles. The van der Waals surface area contributed by atoms with Gasteiger partial charge in [0.2, 0.25) is 11.1 Å². The van der Waals surface area contributed by atoms with Gasteiger partial charge in [-0.1, -0.05) is 87.1 Å². The van der Waals surface area contributed by atoms with Gasteiger partial charge >= 0.3 is 0 Å². The molecule has 1 atom stereocenters. The van der Waals surface area contributed by atoms with Crippen LogP contribution in [0.1, 0.15) is 45.2 Å². The monoisotopic (exact) mass is 437 g/mol. The van der Waals surface area contributed by atoms with Gasteiger partial charge in [0, 0.05) is 11.6 Å². The van der Waals surface area contributed by atoms with Crippen molar-refractivity contribution in [3.63, 3.8) is 0 Å². The first-order valence-corrected chi connectivity index (χ1v) is 11.5. The fourth-order valence-corrected chi connectivity index (χ4v) is 3.91. The Morgan fingerprint density at radius 2 is 1.77 bits per heavy atom. The average molecular weight is 438 g/mol. The number of rotatable bonds is 8. The Bertz CT molecular complexity index is 993.